The number of carbonyl (C=O) groups excluding carboxylic acids is 1. The summed E-state index contributed by atoms with van der Waals surface area (Å²) in [5.74, 6) is 0.118. The van der Waals surface area contributed by atoms with Gasteiger partial charge in [0.05, 0.1) is 5.54 Å². The molecule has 0 aliphatic heterocycles. The van der Waals surface area contributed by atoms with Gasteiger partial charge in [-0.25, -0.2) is 0 Å². The number of nitrogens with one attached hydrogen (secondary N) is 1. The van der Waals surface area contributed by atoms with E-state index in [0.717, 1.165) is 46.5 Å². The maximum absolute atomic E-state index is 12.9. The van der Waals surface area contributed by atoms with Crippen LogP contribution in [0.1, 0.15) is 34.0 Å². The molecule has 1 atom stereocenters. The van der Waals surface area contributed by atoms with Gasteiger partial charge in [-0.05, 0) is 61.2 Å². The van der Waals surface area contributed by atoms with Crippen LogP contribution in [0.15, 0.2) is 78.5 Å². The first-order chi connectivity index (χ1) is 12.5. The summed E-state index contributed by atoms with van der Waals surface area (Å²) < 4.78 is 0. The van der Waals surface area contributed by atoms with Gasteiger partial charge >= 0.3 is 0 Å². The number of hydrogen-bond acceptors (Lipinski definition) is 3. The van der Waals surface area contributed by atoms with E-state index in [2.05, 4.69) is 17.4 Å². The van der Waals surface area contributed by atoms with Gasteiger partial charge in [0, 0.05) is 22.5 Å². The molecule has 130 valence electrons. The van der Waals surface area contributed by atoms with Crippen LogP contribution in [0.2, 0.25) is 0 Å². The van der Waals surface area contributed by atoms with Crippen molar-refractivity contribution in [3.05, 3.63) is 101 Å². The Kier molecular flexibility index (Phi) is 4.09. The zero-order valence-electron chi connectivity index (χ0n) is 14.8. The zero-order chi connectivity index (χ0) is 18.1. The van der Waals surface area contributed by atoms with Crippen LogP contribution in [-0.2, 0) is 12.8 Å². The summed E-state index contributed by atoms with van der Waals surface area (Å²) in [5, 5.41) is 3.43. The molecule has 3 heteroatoms. The van der Waals surface area contributed by atoms with Crippen molar-refractivity contribution >= 4 is 11.5 Å². The Balaban J connectivity index is 1.65. The lowest BCUT2D eigenvalue weighted by atomic mass is 9.98. The standard InChI is InChI=1S/C23H22N2O/c1-23(24)13-5-4-7-19(15-23)25-18-11-12-21-17(14-18)10-9-16-6-2-3-8-20(16)22(21)26/h2-8,11-15,25H,9-10,24H2,1H3. The highest BCUT2D eigenvalue weighted by molar-refractivity contribution is 6.11. The van der Waals surface area contributed by atoms with E-state index in [4.69, 9.17) is 5.73 Å². The van der Waals surface area contributed by atoms with Crippen LogP contribution in [0.25, 0.3) is 0 Å². The van der Waals surface area contributed by atoms with Gasteiger partial charge in [-0.2, -0.15) is 0 Å². The van der Waals surface area contributed by atoms with Crippen LogP contribution in [0.5, 0.6) is 0 Å². The van der Waals surface area contributed by atoms with Crippen LogP contribution in [-0.4, -0.2) is 11.3 Å². The number of fused-ring (bicyclic) bond motifs is 2. The summed E-state index contributed by atoms with van der Waals surface area (Å²) in [6, 6.07) is 13.9. The van der Waals surface area contributed by atoms with Gasteiger partial charge < -0.3 is 11.1 Å². The predicted octanol–water partition coefficient (Wildman–Crippen LogP) is 4.16. The van der Waals surface area contributed by atoms with Gasteiger partial charge in [0.2, 0.25) is 0 Å². The third kappa shape index (κ3) is 3.26. The van der Waals surface area contributed by atoms with E-state index in [-0.39, 0.29) is 5.78 Å². The largest absolute Gasteiger partial charge is 0.356 e. The Morgan fingerprint density at radius 3 is 2.65 bits per heavy atom. The average Bonchev–Trinajstić information content (AvgIpc) is 2.87. The Bertz CT molecular complexity index is 964. The van der Waals surface area contributed by atoms with Crippen molar-refractivity contribution in [3.63, 3.8) is 0 Å². The van der Waals surface area contributed by atoms with E-state index in [1.54, 1.807) is 0 Å². The molecule has 0 radical (unpaired) electrons. The van der Waals surface area contributed by atoms with Crippen molar-refractivity contribution < 1.29 is 4.79 Å². The fraction of sp³-hybridized carbons (Fsp3) is 0.174. The fourth-order valence-electron chi connectivity index (χ4n) is 3.57. The second kappa shape index (κ2) is 6.43. The minimum Gasteiger partial charge on any atom is -0.356 e. The van der Waals surface area contributed by atoms with E-state index in [1.165, 1.54) is 0 Å². The zero-order valence-corrected chi connectivity index (χ0v) is 14.8. The molecule has 0 spiro atoms. The van der Waals surface area contributed by atoms with Crippen LogP contribution in [0, 0.1) is 0 Å². The van der Waals surface area contributed by atoms with Gasteiger partial charge in [0.15, 0.2) is 5.78 Å². The van der Waals surface area contributed by atoms with Crippen LogP contribution in [0.3, 0.4) is 0 Å². The Labute approximate surface area is 153 Å². The molecule has 26 heavy (non-hydrogen) atoms. The number of allylic oxidation sites excluding steroid dienone is 3. The molecule has 0 fully saturated rings. The molecule has 2 aliphatic carbocycles. The number of anilines is 1. The van der Waals surface area contributed by atoms with Crippen LogP contribution < -0.4 is 11.1 Å². The minimum atomic E-state index is -0.491. The quantitative estimate of drug-likeness (QED) is 0.862. The van der Waals surface area contributed by atoms with Crippen molar-refractivity contribution in [2.45, 2.75) is 25.3 Å². The maximum atomic E-state index is 12.9. The lowest BCUT2D eigenvalue weighted by Crippen LogP contribution is -2.31. The lowest BCUT2D eigenvalue weighted by Gasteiger charge is -2.17. The van der Waals surface area contributed by atoms with Gasteiger partial charge in [0.25, 0.3) is 0 Å². The second-order valence-electron chi connectivity index (χ2n) is 7.17. The van der Waals surface area contributed by atoms with E-state index in [9.17, 15) is 4.79 Å². The van der Waals surface area contributed by atoms with Crippen molar-refractivity contribution in [3.8, 4) is 0 Å². The average molecular weight is 342 g/mol. The van der Waals surface area contributed by atoms with Gasteiger partial charge in [0.1, 0.15) is 0 Å². The summed E-state index contributed by atoms with van der Waals surface area (Å²) in [7, 11) is 0. The Morgan fingerprint density at radius 2 is 1.77 bits per heavy atom. The Morgan fingerprint density at radius 1 is 1.00 bits per heavy atom. The first-order valence-electron chi connectivity index (χ1n) is 8.92. The van der Waals surface area contributed by atoms with Crippen molar-refractivity contribution in [2.24, 2.45) is 5.73 Å². The molecular formula is C23H22N2O. The topological polar surface area (TPSA) is 55.1 Å². The van der Waals surface area contributed by atoms with E-state index >= 15 is 0 Å². The first kappa shape index (κ1) is 16.6. The highest BCUT2D eigenvalue weighted by Gasteiger charge is 2.21. The smallest absolute Gasteiger partial charge is 0.193 e. The highest BCUT2D eigenvalue weighted by atomic mass is 16.1. The molecule has 0 saturated heterocycles. The summed E-state index contributed by atoms with van der Waals surface area (Å²) in [6.45, 7) is 1.96. The van der Waals surface area contributed by atoms with Crippen LogP contribution in [0.4, 0.5) is 5.69 Å². The van der Waals surface area contributed by atoms with E-state index < -0.39 is 5.54 Å². The molecule has 0 heterocycles. The summed E-state index contributed by atoms with van der Waals surface area (Å²) in [4.78, 5) is 12.9. The second-order valence-corrected chi connectivity index (χ2v) is 7.17. The van der Waals surface area contributed by atoms with Crippen molar-refractivity contribution in [1.29, 1.82) is 0 Å². The lowest BCUT2D eigenvalue weighted by molar-refractivity contribution is 0.103. The fourth-order valence-corrected chi connectivity index (χ4v) is 3.57. The van der Waals surface area contributed by atoms with Crippen molar-refractivity contribution in [2.75, 3.05) is 5.32 Å². The van der Waals surface area contributed by atoms with Gasteiger partial charge in [-0.3, -0.25) is 4.79 Å². The predicted molar refractivity (Wildman–Crippen MR) is 106 cm³/mol. The summed E-state index contributed by atoms with van der Waals surface area (Å²) >= 11 is 0. The number of benzene rings is 2. The van der Waals surface area contributed by atoms with E-state index in [1.807, 2.05) is 67.6 Å². The van der Waals surface area contributed by atoms with Gasteiger partial charge in [-0.15, -0.1) is 0 Å². The third-order valence-electron chi connectivity index (χ3n) is 4.87. The Hall–Kier alpha value is -2.91. The molecule has 0 amide bonds. The van der Waals surface area contributed by atoms with Gasteiger partial charge in [-0.1, -0.05) is 42.5 Å². The maximum Gasteiger partial charge on any atom is 0.193 e. The number of carbonyl (C=O) groups is 1. The number of rotatable bonds is 2. The minimum absolute atomic E-state index is 0.118. The monoisotopic (exact) mass is 342 g/mol. The molecule has 0 saturated carbocycles. The molecule has 0 bridgehead atoms. The summed E-state index contributed by atoms with van der Waals surface area (Å²) in [5.41, 5.74) is 11.5. The number of ketones is 1. The normalized spacial score (nSPS) is 21.3. The summed E-state index contributed by atoms with van der Waals surface area (Å²) in [6.07, 6.45) is 11.6. The molecule has 2 aromatic carbocycles. The van der Waals surface area contributed by atoms with E-state index in [0.29, 0.717) is 0 Å². The molecule has 1 unspecified atom stereocenters. The molecular weight excluding hydrogens is 320 g/mol. The molecule has 3 N–H and O–H groups in total. The van der Waals surface area contributed by atoms with Crippen molar-refractivity contribution in [1.82, 2.24) is 0 Å². The molecule has 3 nitrogen and oxygen atoms in total. The number of hydrogen-bond donors (Lipinski definition) is 2. The molecule has 0 aromatic heterocycles. The molecule has 2 aliphatic rings. The highest BCUT2D eigenvalue weighted by Crippen LogP contribution is 2.27. The van der Waals surface area contributed by atoms with Crippen LogP contribution >= 0.6 is 0 Å². The number of nitrogens with two attached hydrogens (primary N) is 1. The third-order valence-corrected chi connectivity index (χ3v) is 4.87. The SMILES string of the molecule is CC1(N)C=CC=CC(Nc2ccc3c(c2)CCc2ccccc2C3=O)=C1. The number of aryl methyl sites for hydroxylation is 2. The molecule has 2 aromatic rings. The first-order valence-corrected chi connectivity index (χ1v) is 8.92. The molecule has 4 rings (SSSR count).